The number of aromatic nitrogens is 2. The van der Waals surface area contributed by atoms with Crippen LogP contribution in [0.1, 0.15) is 5.56 Å². The van der Waals surface area contributed by atoms with Crippen molar-refractivity contribution in [3.8, 4) is 11.4 Å². The number of nitrogens with zero attached hydrogens (tertiary/aromatic N) is 2. The molecule has 0 spiro atoms. The van der Waals surface area contributed by atoms with E-state index in [0.717, 1.165) is 17.7 Å². The smallest absolute Gasteiger partial charge is 0.159 e. The molecule has 1 heterocycles. The summed E-state index contributed by atoms with van der Waals surface area (Å²) in [6.45, 7) is 0.730. The van der Waals surface area contributed by atoms with Crippen LogP contribution < -0.4 is 5.32 Å². The van der Waals surface area contributed by atoms with Crippen LogP contribution in [-0.2, 0) is 6.54 Å². The Kier molecular flexibility index (Phi) is 3.81. The third kappa shape index (κ3) is 2.87. The minimum absolute atomic E-state index is 0.291. The predicted octanol–water partition coefficient (Wildman–Crippen LogP) is 2.76. The minimum atomic E-state index is -0.291. The molecule has 0 unspecified atom stereocenters. The number of hydrogen-bond donors (Lipinski definition) is 1. The summed E-state index contributed by atoms with van der Waals surface area (Å²) in [7, 11) is 1.87. The molecule has 1 aromatic heterocycles. The molecule has 88 valence electrons. The van der Waals surface area contributed by atoms with Gasteiger partial charge in [-0.25, -0.2) is 14.4 Å². The van der Waals surface area contributed by atoms with Crippen LogP contribution in [0.5, 0.6) is 0 Å². The minimum Gasteiger partial charge on any atom is -0.316 e. The van der Waals surface area contributed by atoms with Gasteiger partial charge in [0.05, 0.1) is 4.47 Å². The molecule has 0 aliphatic rings. The maximum Gasteiger partial charge on any atom is 0.159 e. The van der Waals surface area contributed by atoms with E-state index in [9.17, 15) is 4.39 Å². The standard InChI is InChI=1S/C12H11BrFN3/c1-15-5-8-6-16-12(17-7-8)9-2-3-11(14)10(13)4-9/h2-4,6-7,15H,5H2,1H3. The van der Waals surface area contributed by atoms with Gasteiger partial charge >= 0.3 is 0 Å². The summed E-state index contributed by atoms with van der Waals surface area (Å²) < 4.78 is 13.5. The van der Waals surface area contributed by atoms with E-state index < -0.39 is 0 Å². The summed E-state index contributed by atoms with van der Waals surface area (Å²) in [6.07, 6.45) is 3.52. The summed E-state index contributed by atoms with van der Waals surface area (Å²) in [4.78, 5) is 8.49. The van der Waals surface area contributed by atoms with Gasteiger partial charge in [-0.3, -0.25) is 0 Å². The molecule has 0 amide bonds. The quantitative estimate of drug-likeness (QED) is 0.946. The molecule has 0 saturated carbocycles. The number of hydrogen-bond acceptors (Lipinski definition) is 3. The molecule has 5 heteroatoms. The molecule has 0 radical (unpaired) electrons. The van der Waals surface area contributed by atoms with Crippen molar-refractivity contribution in [1.82, 2.24) is 15.3 Å². The SMILES string of the molecule is CNCc1cnc(-c2ccc(F)c(Br)c2)nc1. The van der Waals surface area contributed by atoms with Crippen LogP contribution in [0.2, 0.25) is 0 Å². The number of benzene rings is 1. The van der Waals surface area contributed by atoms with E-state index in [4.69, 9.17) is 0 Å². The van der Waals surface area contributed by atoms with E-state index in [2.05, 4.69) is 31.2 Å². The van der Waals surface area contributed by atoms with E-state index in [-0.39, 0.29) is 5.82 Å². The fourth-order valence-electron chi connectivity index (χ4n) is 1.43. The van der Waals surface area contributed by atoms with Gasteiger partial charge in [0, 0.05) is 30.1 Å². The Balaban J connectivity index is 2.30. The zero-order chi connectivity index (χ0) is 12.3. The Morgan fingerprint density at radius 2 is 2.00 bits per heavy atom. The van der Waals surface area contributed by atoms with Crippen LogP contribution in [0, 0.1) is 5.82 Å². The summed E-state index contributed by atoms with van der Waals surface area (Å²) in [5.41, 5.74) is 1.80. The first-order valence-electron chi connectivity index (χ1n) is 5.11. The number of rotatable bonds is 3. The Bertz CT molecular complexity index is 514. The van der Waals surface area contributed by atoms with Crippen LogP contribution in [0.4, 0.5) is 4.39 Å². The van der Waals surface area contributed by atoms with Crippen molar-refractivity contribution >= 4 is 15.9 Å². The van der Waals surface area contributed by atoms with Crippen molar-refractivity contribution in [2.45, 2.75) is 6.54 Å². The molecule has 17 heavy (non-hydrogen) atoms. The monoisotopic (exact) mass is 295 g/mol. The van der Waals surface area contributed by atoms with Gasteiger partial charge in [0.2, 0.25) is 0 Å². The summed E-state index contributed by atoms with van der Waals surface area (Å²) in [5, 5.41) is 3.02. The molecule has 0 atom stereocenters. The lowest BCUT2D eigenvalue weighted by atomic mass is 10.2. The van der Waals surface area contributed by atoms with Crippen LogP contribution in [0.3, 0.4) is 0 Å². The van der Waals surface area contributed by atoms with E-state index in [1.165, 1.54) is 6.07 Å². The van der Waals surface area contributed by atoms with Gasteiger partial charge < -0.3 is 5.32 Å². The van der Waals surface area contributed by atoms with Crippen molar-refractivity contribution in [2.75, 3.05) is 7.05 Å². The zero-order valence-corrected chi connectivity index (χ0v) is 10.8. The van der Waals surface area contributed by atoms with E-state index in [0.29, 0.717) is 10.3 Å². The van der Waals surface area contributed by atoms with E-state index in [1.54, 1.807) is 24.5 Å². The highest BCUT2D eigenvalue weighted by Gasteiger charge is 2.05. The highest BCUT2D eigenvalue weighted by atomic mass is 79.9. The Hall–Kier alpha value is -1.33. The molecular formula is C12H11BrFN3. The summed E-state index contributed by atoms with van der Waals surface area (Å²) in [5.74, 6) is 0.297. The zero-order valence-electron chi connectivity index (χ0n) is 9.24. The number of halogens is 2. The Morgan fingerprint density at radius 3 is 2.59 bits per heavy atom. The Morgan fingerprint density at radius 1 is 1.29 bits per heavy atom. The van der Waals surface area contributed by atoms with Crippen LogP contribution >= 0.6 is 15.9 Å². The van der Waals surface area contributed by atoms with Gasteiger partial charge in [-0.15, -0.1) is 0 Å². The first-order chi connectivity index (χ1) is 8.20. The molecule has 1 N–H and O–H groups in total. The maximum atomic E-state index is 13.1. The summed E-state index contributed by atoms with van der Waals surface area (Å²) in [6, 6.07) is 4.72. The molecule has 2 aromatic rings. The third-order valence-electron chi connectivity index (χ3n) is 2.26. The lowest BCUT2D eigenvalue weighted by molar-refractivity contribution is 0.621. The van der Waals surface area contributed by atoms with Gasteiger partial charge in [-0.2, -0.15) is 0 Å². The van der Waals surface area contributed by atoms with Crippen LogP contribution in [-0.4, -0.2) is 17.0 Å². The lowest BCUT2D eigenvalue weighted by Gasteiger charge is -2.03. The van der Waals surface area contributed by atoms with Gasteiger partial charge in [-0.05, 0) is 41.2 Å². The molecule has 0 saturated heterocycles. The highest BCUT2D eigenvalue weighted by molar-refractivity contribution is 9.10. The molecule has 0 aliphatic carbocycles. The first kappa shape index (κ1) is 12.1. The second-order valence-electron chi connectivity index (χ2n) is 3.57. The van der Waals surface area contributed by atoms with Crippen molar-refractivity contribution in [2.24, 2.45) is 0 Å². The second kappa shape index (κ2) is 5.33. The lowest BCUT2D eigenvalue weighted by Crippen LogP contribution is -2.06. The predicted molar refractivity (Wildman–Crippen MR) is 67.9 cm³/mol. The Labute approximate surface area is 107 Å². The molecule has 0 fully saturated rings. The topological polar surface area (TPSA) is 37.8 Å². The fraction of sp³-hybridized carbons (Fsp3) is 0.167. The average molecular weight is 296 g/mol. The van der Waals surface area contributed by atoms with Crippen molar-refractivity contribution < 1.29 is 4.39 Å². The van der Waals surface area contributed by atoms with E-state index >= 15 is 0 Å². The van der Waals surface area contributed by atoms with Crippen molar-refractivity contribution in [3.63, 3.8) is 0 Å². The van der Waals surface area contributed by atoms with Crippen molar-refractivity contribution in [1.29, 1.82) is 0 Å². The second-order valence-corrected chi connectivity index (χ2v) is 4.43. The molecular weight excluding hydrogens is 285 g/mol. The van der Waals surface area contributed by atoms with Crippen molar-refractivity contribution in [3.05, 3.63) is 46.4 Å². The van der Waals surface area contributed by atoms with Crippen LogP contribution in [0.15, 0.2) is 35.1 Å². The normalized spacial score (nSPS) is 10.5. The average Bonchev–Trinajstić information content (AvgIpc) is 2.34. The molecule has 0 bridgehead atoms. The van der Waals surface area contributed by atoms with E-state index in [1.807, 2.05) is 7.05 Å². The van der Waals surface area contributed by atoms with Gasteiger partial charge in [-0.1, -0.05) is 0 Å². The summed E-state index contributed by atoms with van der Waals surface area (Å²) >= 11 is 3.14. The first-order valence-corrected chi connectivity index (χ1v) is 5.91. The van der Waals surface area contributed by atoms with Gasteiger partial charge in [0.25, 0.3) is 0 Å². The molecule has 2 rings (SSSR count). The third-order valence-corrected chi connectivity index (χ3v) is 2.87. The molecule has 0 aliphatic heterocycles. The maximum absolute atomic E-state index is 13.1. The van der Waals surface area contributed by atoms with Gasteiger partial charge in [0.1, 0.15) is 5.82 Å². The molecule has 3 nitrogen and oxygen atoms in total. The molecule has 1 aromatic carbocycles. The number of nitrogens with one attached hydrogen (secondary N) is 1. The van der Waals surface area contributed by atoms with Crippen LogP contribution in [0.25, 0.3) is 11.4 Å². The largest absolute Gasteiger partial charge is 0.316 e. The van der Waals surface area contributed by atoms with Gasteiger partial charge in [0.15, 0.2) is 5.82 Å². The fourth-order valence-corrected chi connectivity index (χ4v) is 1.81. The highest BCUT2D eigenvalue weighted by Crippen LogP contribution is 2.22.